The summed E-state index contributed by atoms with van der Waals surface area (Å²) >= 11 is 6.35. The third kappa shape index (κ3) is 6.70. The number of fused-ring (bicyclic) bond motifs is 3. The third-order valence-corrected chi connectivity index (χ3v) is 8.26. The largest absolute Gasteiger partial charge is 0.368 e. The molecule has 0 aliphatic heterocycles. The first-order valence-corrected chi connectivity index (χ1v) is 14.8. The Kier molecular flexibility index (Phi) is 8.91. The van der Waals surface area contributed by atoms with Crippen LogP contribution in [0.1, 0.15) is 37.1 Å². The number of halogens is 1. The molecule has 7 N–H and O–H groups in total. The van der Waals surface area contributed by atoms with Crippen molar-refractivity contribution in [2.45, 2.75) is 51.1 Å². The van der Waals surface area contributed by atoms with Crippen molar-refractivity contribution in [3.63, 3.8) is 0 Å². The van der Waals surface area contributed by atoms with E-state index < -0.39 is 35.3 Å². The predicted molar refractivity (Wildman–Crippen MR) is 171 cm³/mol. The normalized spacial score (nSPS) is 16.5. The van der Waals surface area contributed by atoms with E-state index in [-0.39, 0.29) is 18.8 Å². The van der Waals surface area contributed by atoms with Gasteiger partial charge in [0, 0.05) is 28.7 Å². The van der Waals surface area contributed by atoms with Crippen LogP contribution in [-0.2, 0) is 33.6 Å². The summed E-state index contributed by atoms with van der Waals surface area (Å²) in [7, 11) is 0. The Bertz CT molecular complexity index is 1720. The Hall–Kier alpha value is -4.83. The molecule has 10 nitrogen and oxygen atoms in total. The topological polar surface area (TPSA) is 158 Å². The van der Waals surface area contributed by atoms with Gasteiger partial charge in [0.1, 0.15) is 11.6 Å². The number of benzene rings is 3. The van der Waals surface area contributed by atoms with Gasteiger partial charge in [-0.1, -0.05) is 67.9 Å². The number of aromatic nitrogens is 1. The van der Waals surface area contributed by atoms with Crippen molar-refractivity contribution >= 4 is 57.6 Å². The van der Waals surface area contributed by atoms with Gasteiger partial charge >= 0.3 is 6.03 Å². The zero-order chi connectivity index (χ0) is 31.4. The molecule has 1 aliphatic rings. The fourth-order valence-electron chi connectivity index (χ4n) is 5.68. The number of nitrogens with one attached hydrogen (secondary N) is 5. The molecule has 228 valence electrons. The number of aromatic amines is 1. The lowest BCUT2D eigenvalue weighted by Crippen LogP contribution is -2.64. The second kappa shape index (κ2) is 12.8. The van der Waals surface area contributed by atoms with Crippen LogP contribution in [0.5, 0.6) is 0 Å². The highest BCUT2D eigenvalue weighted by Crippen LogP contribution is 2.35. The maximum absolute atomic E-state index is 13.9. The molecule has 1 aliphatic carbocycles. The minimum absolute atomic E-state index is 0.0780. The molecule has 0 unspecified atom stereocenters. The number of carbonyl (C=O) groups is 4. The number of carbonyl (C=O) groups excluding carboxylic acids is 4. The molecule has 44 heavy (non-hydrogen) atoms. The average molecular weight is 615 g/mol. The van der Waals surface area contributed by atoms with Crippen LogP contribution in [0.25, 0.3) is 10.9 Å². The monoisotopic (exact) mass is 614 g/mol. The zero-order valence-corrected chi connectivity index (χ0v) is 25.3. The smallest absolute Gasteiger partial charge is 0.323 e. The van der Waals surface area contributed by atoms with Crippen molar-refractivity contribution in [1.82, 2.24) is 15.6 Å². The van der Waals surface area contributed by atoms with Crippen LogP contribution >= 0.6 is 11.6 Å². The van der Waals surface area contributed by atoms with Crippen molar-refractivity contribution in [2.75, 3.05) is 10.6 Å². The number of para-hydroxylation sites is 2. The molecule has 5 rings (SSSR count). The Morgan fingerprint density at radius 2 is 1.70 bits per heavy atom. The molecule has 5 amide bonds. The van der Waals surface area contributed by atoms with Crippen molar-refractivity contribution in [2.24, 2.45) is 11.7 Å². The summed E-state index contributed by atoms with van der Waals surface area (Å²) in [6.45, 7) is 3.59. The molecule has 0 saturated carbocycles. The number of urea groups is 1. The van der Waals surface area contributed by atoms with Gasteiger partial charge in [-0.2, -0.15) is 0 Å². The molecule has 4 aromatic rings. The lowest BCUT2D eigenvalue weighted by molar-refractivity contribution is -0.136. The summed E-state index contributed by atoms with van der Waals surface area (Å²) in [6, 6.07) is 20.3. The lowest BCUT2D eigenvalue weighted by Gasteiger charge is -2.38. The Balaban J connectivity index is 1.37. The lowest BCUT2D eigenvalue weighted by atomic mass is 9.78. The summed E-state index contributed by atoms with van der Waals surface area (Å²) < 4.78 is 0. The van der Waals surface area contributed by atoms with E-state index in [1.807, 2.05) is 30.3 Å². The number of H-pyrrole nitrogens is 1. The zero-order valence-electron chi connectivity index (χ0n) is 24.5. The molecule has 0 saturated heterocycles. The van der Waals surface area contributed by atoms with Gasteiger partial charge in [-0.3, -0.25) is 14.4 Å². The Labute approximate surface area is 260 Å². The van der Waals surface area contributed by atoms with Crippen molar-refractivity contribution in [1.29, 1.82) is 0 Å². The fourth-order valence-corrected chi connectivity index (χ4v) is 5.85. The molecule has 2 atom stereocenters. The molecular weight excluding hydrogens is 580 g/mol. The standard InChI is InChI=1S/C33H35ClN6O4/c1-19(2)29(30(35)42)39-31(43)33(15-14-26-23(18-33)22-10-6-7-11-25(22)37-26)40-28(41)17-20-12-13-24(34)27(16-20)38-32(44)36-21-8-4-3-5-9-21/h3-13,16,19,29,37H,14-15,17-18H2,1-2H3,(H2,35,42)(H,39,43)(H,40,41)(H2,36,38,44)/t29-,33-/m0/s1. The number of hydrogen-bond donors (Lipinski definition) is 6. The highest BCUT2D eigenvalue weighted by Gasteiger charge is 2.45. The summed E-state index contributed by atoms with van der Waals surface area (Å²) in [4.78, 5) is 55.7. The van der Waals surface area contributed by atoms with Crippen molar-refractivity contribution in [3.05, 3.63) is 94.6 Å². The van der Waals surface area contributed by atoms with E-state index in [9.17, 15) is 19.2 Å². The van der Waals surface area contributed by atoms with Crippen LogP contribution in [0.4, 0.5) is 16.2 Å². The summed E-state index contributed by atoms with van der Waals surface area (Å²) in [5.41, 5.74) is 8.74. The van der Waals surface area contributed by atoms with Gasteiger partial charge in [0.05, 0.1) is 17.1 Å². The third-order valence-electron chi connectivity index (χ3n) is 7.93. The molecule has 0 bridgehead atoms. The molecule has 1 aromatic heterocycles. The SMILES string of the molecule is CC(C)[C@H](NC(=O)[C@]1(NC(=O)Cc2ccc(Cl)c(NC(=O)Nc3ccccc3)c2)CCc2[nH]c3ccccc3c2C1)C(N)=O. The molecule has 0 radical (unpaired) electrons. The van der Waals surface area contributed by atoms with E-state index in [0.717, 1.165) is 22.2 Å². The van der Waals surface area contributed by atoms with E-state index in [2.05, 4.69) is 26.3 Å². The van der Waals surface area contributed by atoms with Crippen LogP contribution < -0.4 is 27.0 Å². The van der Waals surface area contributed by atoms with Crippen LogP contribution in [0, 0.1) is 5.92 Å². The Morgan fingerprint density at radius 1 is 0.977 bits per heavy atom. The summed E-state index contributed by atoms with van der Waals surface area (Å²) in [6.07, 6.45) is 0.999. The number of aryl methyl sites for hydroxylation is 1. The van der Waals surface area contributed by atoms with E-state index in [4.69, 9.17) is 17.3 Å². The van der Waals surface area contributed by atoms with E-state index >= 15 is 0 Å². The first-order chi connectivity index (χ1) is 21.0. The van der Waals surface area contributed by atoms with Gasteiger partial charge in [0.2, 0.25) is 17.7 Å². The first-order valence-electron chi connectivity index (χ1n) is 14.5. The second-order valence-corrected chi connectivity index (χ2v) is 11.9. The van der Waals surface area contributed by atoms with Gasteiger partial charge in [0.15, 0.2) is 0 Å². The second-order valence-electron chi connectivity index (χ2n) is 11.5. The molecule has 0 spiro atoms. The first kappa shape index (κ1) is 30.6. The number of nitrogens with two attached hydrogens (primary N) is 1. The van der Waals surface area contributed by atoms with Gasteiger partial charge in [-0.25, -0.2) is 4.79 Å². The van der Waals surface area contributed by atoms with Gasteiger partial charge < -0.3 is 32.0 Å². The number of anilines is 2. The van der Waals surface area contributed by atoms with Crippen LogP contribution in [-0.4, -0.2) is 40.3 Å². The average Bonchev–Trinajstić information content (AvgIpc) is 3.35. The summed E-state index contributed by atoms with van der Waals surface area (Å²) in [5.74, 6) is -1.74. The number of hydrogen-bond acceptors (Lipinski definition) is 4. The molecule has 1 heterocycles. The molecule has 11 heteroatoms. The Morgan fingerprint density at radius 3 is 2.43 bits per heavy atom. The van der Waals surface area contributed by atoms with Crippen molar-refractivity contribution in [3.8, 4) is 0 Å². The van der Waals surface area contributed by atoms with Gasteiger partial charge in [-0.05, 0) is 60.2 Å². The molecule has 3 aromatic carbocycles. The highest BCUT2D eigenvalue weighted by atomic mass is 35.5. The fraction of sp³-hybridized carbons (Fsp3) is 0.273. The predicted octanol–water partition coefficient (Wildman–Crippen LogP) is 4.68. The quantitative estimate of drug-likeness (QED) is 0.162. The molecular formula is C33H35ClN6O4. The van der Waals surface area contributed by atoms with Crippen LogP contribution in [0.2, 0.25) is 5.02 Å². The minimum Gasteiger partial charge on any atom is -0.368 e. The van der Waals surface area contributed by atoms with Gasteiger partial charge in [-0.15, -0.1) is 0 Å². The maximum atomic E-state index is 13.9. The number of rotatable bonds is 9. The number of amides is 5. The van der Waals surface area contributed by atoms with E-state index in [1.165, 1.54) is 0 Å². The molecule has 0 fully saturated rings. The van der Waals surface area contributed by atoms with Crippen LogP contribution in [0.3, 0.4) is 0 Å². The highest BCUT2D eigenvalue weighted by molar-refractivity contribution is 6.33. The number of primary amides is 1. The van der Waals surface area contributed by atoms with Crippen LogP contribution in [0.15, 0.2) is 72.8 Å². The van der Waals surface area contributed by atoms with Crippen molar-refractivity contribution < 1.29 is 19.2 Å². The van der Waals surface area contributed by atoms with E-state index in [1.54, 1.807) is 56.3 Å². The minimum atomic E-state index is -1.32. The van der Waals surface area contributed by atoms with Gasteiger partial charge in [0.25, 0.3) is 0 Å². The van der Waals surface area contributed by atoms with E-state index in [0.29, 0.717) is 34.8 Å². The summed E-state index contributed by atoms with van der Waals surface area (Å²) in [5, 5.41) is 12.6. The maximum Gasteiger partial charge on any atom is 0.323 e.